The van der Waals surface area contributed by atoms with Gasteiger partial charge in [0.1, 0.15) is 11.6 Å². The van der Waals surface area contributed by atoms with Crippen LogP contribution in [0.25, 0.3) is 0 Å². The standard InChI is InChI=1S/C14H20F2N2O2S/c1-2-21(19,20)18-8-6-11(7-9-18)17-10-12-13(15)4-3-5-14(12)16/h3-5,11,17H,2,6-10H2,1H3. The second-order valence-electron chi connectivity index (χ2n) is 5.15. The van der Waals surface area contributed by atoms with Crippen LogP contribution < -0.4 is 5.32 Å². The van der Waals surface area contributed by atoms with Gasteiger partial charge in [0.15, 0.2) is 0 Å². The van der Waals surface area contributed by atoms with E-state index in [9.17, 15) is 17.2 Å². The molecule has 1 fully saturated rings. The van der Waals surface area contributed by atoms with Gasteiger partial charge in [-0.05, 0) is 31.9 Å². The van der Waals surface area contributed by atoms with Gasteiger partial charge in [-0.3, -0.25) is 0 Å². The van der Waals surface area contributed by atoms with Crippen molar-refractivity contribution in [2.75, 3.05) is 18.8 Å². The molecule has 2 rings (SSSR count). The van der Waals surface area contributed by atoms with Crippen LogP contribution >= 0.6 is 0 Å². The molecule has 1 aromatic carbocycles. The van der Waals surface area contributed by atoms with Crippen molar-refractivity contribution in [2.45, 2.75) is 32.4 Å². The van der Waals surface area contributed by atoms with E-state index in [0.717, 1.165) is 0 Å². The molecular weight excluding hydrogens is 298 g/mol. The normalized spacial score (nSPS) is 18.0. The van der Waals surface area contributed by atoms with Gasteiger partial charge >= 0.3 is 0 Å². The molecule has 1 aliphatic rings. The predicted octanol–water partition coefficient (Wildman–Crippen LogP) is 1.87. The van der Waals surface area contributed by atoms with Crippen molar-refractivity contribution >= 4 is 10.0 Å². The Labute approximate surface area is 124 Å². The largest absolute Gasteiger partial charge is 0.310 e. The van der Waals surface area contributed by atoms with Crippen molar-refractivity contribution in [2.24, 2.45) is 0 Å². The van der Waals surface area contributed by atoms with Gasteiger partial charge in [0, 0.05) is 31.2 Å². The number of nitrogens with one attached hydrogen (secondary N) is 1. The molecular formula is C14H20F2N2O2S. The number of piperidine rings is 1. The molecule has 0 spiro atoms. The lowest BCUT2D eigenvalue weighted by Crippen LogP contribution is -2.45. The molecule has 0 unspecified atom stereocenters. The lowest BCUT2D eigenvalue weighted by Gasteiger charge is -2.31. The minimum atomic E-state index is -3.14. The van der Waals surface area contributed by atoms with Crippen LogP contribution in [0.4, 0.5) is 8.78 Å². The maximum Gasteiger partial charge on any atom is 0.213 e. The van der Waals surface area contributed by atoms with Gasteiger partial charge in [0.2, 0.25) is 10.0 Å². The maximum atomic E-state index is 13.5. The van der Waals surface area contributed by atoms with Gasteiger partial charge in [-0.25, -0.2) is 21.5 Å². The topological polar surface area (TPSA) is 49.4 Å². The lowest BCUT2D eigenvalue weighted by molar-refractivity contribution is 0.287. The highest BCUT2D eigenvalue weighted by molar-refractivity contribution is 7.89. The van der Waals surface area contributed by atoms with Gasteiger partial charge in [-0.2, -0.15) is 0 Å². The van der Waals surface area contributed by atoms with E-state index in [4.69, 9.17) is 0 Å². The van der Waals surface area contributed by atoms with Crippen LogP contribution in [0.5, 0.6) is 0 Å². The summed E-state index contributed by atoms with van der Waals surface area (Å²) in [5.41, 5.74) is 0.0288. The van der Waals surface area contributed by atoms with E-state index in [0.29, 0.717) is 25.9 Å². The number of nitrogens with zero attached hydrogens (tertiary/aromatic N) is 1. The first-order valence-electron chi connectivity index (χ1n) is 7.08. The van der Waals surface area contributed by atoms with E-state index in [1.165, 1.54) is 22.5 Å². The molecule has 1 N–H and O–H groups in total. The van der Waals surface area contributed by atoms with Crippen molar-refractivity contribution in [3.63, 3.8) is 0 Å². The minimum absolute atomic E-state index is 0.0288. The molecule has 0 aliphatic carbocycles. The van der Waals surface area contributed by atoms with E-state index in [-0.39, 0.29) is 23.9 Å². The third-order valence-electron chi connectivity index (χ3n) is 3.84. The number of halogens is 2. The molecule has 0 aromatic heterocycles. The first-order chi connectivity index (χ1) is 9.94. The van der Waals surface area contributed by atoms with Crippen molar-refractivity contribution in [3.8, 4) is 0 Å². The van der Waals surface area contributed by atoms with Crippen LogP contribution in [0, 0.1) is 11.6 Å². The summed E-state index contributed by atoms with van der Waals surface area (Å²) in [7, 11) is -3.14. The zero-order chi connectivity index (χ0) is 15.5. The predicted molar refractivity (Wildman–Crippen MR) is 77.3 cm³/mol. The molecule has 1 saturated heterocycles. The van der Waals surface area contributed by atoms with Crippen molar-refractivity contribution in [1.82, 2.24) is 9.62 Å². The third kappa shape index (κ3) is 3.99. The zero-order valence-electron chi connectivity index (χ0n) is 12.0. The van der Waals surface area contributed by atoms with Crippen molar-refractivity contribution in [3.05, 3.63) is 35.4 Å². The Kier molecular flexibility index (Phi) is 5.29. The fraction of sp³-hybridized carbons (Fsp3) is 0.571. The molecule has 4 nitrogen and oxygen atoms in total. The zero-order valence-corrected chi connectivity index (χ0v) is 12.8. The molecule has 1 aromatic rings. The van der Waals surface area contributed by atoms with E-state index < -0.39 is 21.7 Å². The van der Waals surface area contributed by atoms with Crippen molar-refractivity contribution < 1.29 is 17.2 Å². The fourth-order valence-corrected chi connectivity index (χ4v) is 3.60. The number of hydrogen-bond donors (Lipinski definition) is 1. The summed E-state index contributed by atoms with van der Waals surface area (Å²) in [6.07, 6.45) is 1.30. The second-order valence-corrected chi connectivity index (χ2v) is 7.41. The smallest absolute Gasteiger partial charge is 0.213 e. The quantitative estimate of drug-likeness (QED) is 0.902. The van der Waals surface area contributed by atoms with Gasteiger partial charge in [-0.15, -0.1) is 0 Å². The summed E-state index contributed by atoms with van der Waals surface area (Å²) >= 11 is 0. The Balaban J connectivity index is 1.87. The van der Waals surface area contributed by atoms with Gasteiger partial charge in [0.25, 0.3) is 0 Å². The molecule has 21 heavy (non-hydrogen) atoms. The Morgan fingerprint density at radius 2 is 1.81 bits per heavy atom. The minimum Gasteiger partial charge on any atom is -0.310 e. The fourth-order valence-electron chi connectivity index (χ4n) is 2.47. The lowest BCUT2D eigenvalue weighted by atomic mass is 10.1. The number of sulfonamides is 1. The number of rotatable bonds is 5. The Morgan fingerprint density at radius 1 is 1.24 bits per heavy atom. The van der Waals surface area contributed by atoms with Crippen LogP contribution in [0.1, 0.15) is 25.3 Å². The monoisotopic (exact) mass is 318 g/mol. The van der Waals surface area contributed by atoms with Gasteiger partial charge in [0.05, 0.1) is 5.75 Å². The summed E-state index contributed by atoms with van der Waals surface area (Å²) in [5.74, 6) is -1.02. The van der Waals surface area contributed by atoms with E-state index in [2.05, 4.69) is 5.32 Å². The van der Waals surface area contributed by atoms with Gasteiger partial charge in [-0.1, -0.05) is 6.07 Å². The average Bonchev–Trinajstić information content (AvgIpc) is 2.47. The molecule has 118 valence electrons. The van der Waals surface area contributed by atoms with E-state index in [1.54, 1.807) is 6.92 Å². The molecule has 0 atom stereocenters. The summed E-state index contributed by atoms with van der Waals surface area (Å²) in [6.45, 7) is 2.64. The first-order valence-corrected chi connectivity index (χ1v) is 8.69. The van der Waals surface area contributed by atoms with E-state index >= 15 is 0 Å². The van der Waals surface area contributed by atoms with Crippen LogP contribution in [-0.4, -0.2) is 37.6 Å². The molecule has 1 aliphatic heterocycles. The first kappa shape index (κ1) is 16.3. The molecule has 0 bridgehead atoms. The number of benzene rings is 1. The van der Waals surface area contributed by atoms with Crippen LogP contribution in [-0.2, 0) is 16.6 Å². The summed E-state index contributed by atoms with van der Waals surface area (Å²) in [6, 6.07) is 3.88. The van der Waals surface area contributed by atoms with E-state index in [1.807, 2.05) is 0 Å². The highest BCUT2D eigenvalue weighted by atomic mass is 32.2. The molecule has 1 heterocycles. The van der Waals surface area contributed by atoms with Crippen LogP contribution in [0.3, 0.4) is 0 Å². The second kappa shape index (κ2) is 6.81. The average molecular weight is 318 g/mol. The SMILES string of the molecule is CCS(=O)(=O)N1CCC(NCc2c(F)cccc2F)CC1. The highest BCUT2D eigenvalue weighted by Crippen LogP contribution is 2.16. The molecule has 0 amide bonds. The highest BCUT2D eigenvalue weighted by Gasteiger charge is 2.26. The third-order valence-corrected chi connectivity index (χ3v) is 5.72. The number of hydrogen-bond acceptors (Lipinski definition) is 3. The van der Waals surface area contributed by atoms with Crippen LogP contribution in [0.15, 0.2) is 18.2 Å². The van der Waals surface area contributed by atoms with Crippen LogP contribution in [0.2, 0.25) is 0 Å². The molecule has 0 saturated carbocycles. The summed E-state index contributed by atoms with van der Waals surface area (Å²) < 4.78 is 52.0. The summed E-state index contributed by atoms with van der Waals surface area (Å²) in [5, 5.41) is 3.11. The Bertz CT molecular complexity index is 564. The van der Waals surface area contributed by atoms with Crippen molar-refractivity contribution in [1.29, 1.82) is 0 Å². The Hall–Kier alpha value is -1.05. The molecule has 0 radical (unpaired) electrons. The summed E-state index contributed by atoms with van der Waals surface area (Å²) in [4.78, 5) is 0. The Morgan fingerprint density at radius 3 is 2.33 bits per heavy atom. The maximum absolute atomic E-state index is 13.5. The molecule has 7 heteroatoms. The van der Waals surface area contributed by atoms with Gasteiger partial charge < -0.3 is 5.32 Å².